The van der Waals surface area contributed by atoms with Gasteiger partial charge in [0.05, 0.1) is 17.1 Å². The molecule has 0 N–H and O–H groups in total. The molecule has 0 aliphatic carbocycles. The van der Waals surface area contributed by atoms with Gasteiger partial charge in [0.25, 0.3) is 0 Å². The maximum absolute atomic E-state index is 5.26. The van der Waals surface area contributed by atoms with Gasteiger partial charge in [0.15, 0.2) is 5.82 Å². The summed E-state index contributed by atoms with van der Waals surface area (Å²) in [6.45, 7) is 0. The van der Waals surface area contributed by atoms with Gasteiger partial charge in [-0.3, -0.25) is 4.98 Å². The maximum Gasteiger partial charge on any atom is 0.160 e. The number of benzene rings is 7. The zero-order valence-electron chi connectivity index (χ0n) is 28.6. The SMILES string of the molecule is c1ccc(-c2nc(-c3ccc(-c4ccccn4)cc3)cc(-c3cc(-c4ccc5sc6ccccc6c5c4)cc(-c4cccc5ccccc45)c3)n2)cc1. The van der Waals surface area contributed by atoms with E-state index in [0.717, 1.165) is 50.5 Å². The predicted octanol–water partition coefficient (Wildman–Crippen LogP) is 13.4. The summed E-state index contributed by atoms with van der Waals surface area (Å²) in [5, 5.41) is 5.01. The minimum Gasteiger partial charge on any atom is -0.256 e. The van der Waals surface area contributed by atoms with Crippen LogP contribution in [0.25, 0.3) is 98.4 Å². The second kappa shape index (κ2) is 13.1. The molecule has 0 spiro atoms. The maximum atomic E-state index is 5.26. The van der Waals surface area contributed by atoms with Crippen molar-refractivity contribution in [2.24, 2.45) is 0 Å². The molecule has 0 aliphatic rings. The first-order chi connectivity index (χ1) is 26.2. The third-order valence-corrected chi connectivity index (χ3v) is 11.1. The summed E-state index contributed by atoms with van der Waals surface area (Å²) in [6.07, 6.45) is 1.83. The van der Waals surface area contributed by atoms with Gasteiger partial charge in [-0.1, -0.05) is 127 Å². The van der Waals surface area contributed by atoms with Crippen molar-refractivity contribution in [3.8, 4) is 67.4 Å². The normalized spacial score (nSPS) is 11.4. The van der Waals surface area contributed by atoms with Crippen LogP contribution in [0.5, 0.6) is 0 Å². The molecule has 0 bridgehead atoms. The van der Waals surface area contributed by atoms with Crippen LogP contribution in [0.2, 0.25) is 0 Å². The fraction of sp³-hybridized carbons (Fsp3) is 0. The first-order valence-corrected chi connectivity index (χ1v) is 18.6. The van der Waals surface area contributed by atoms with E-state index in [1.165, 1.54) is 42.1 Å². The van der Waals surface area contributed by atoms with Crippen molar-refractivity contribution in [3.05, 3.63) is 188 Å². The van der Waals surface area contributed by atoms with Crippen molar-refractivity contribution in [2.45, 2.75) is 0 Å². The van der Waals surface area contributed by atoms with Gasteiger partial charge in [-0.15, -0.1) is 11.3 Å². The Balaban J connectivity index is 1.18. The molecule has 10 rings (SSSR count). The molecule has 7 aromatic carbocycles. The highest BCUT2D eigenvalue weighted by Gasteiger charge is 2.16. The van der Waals surface area contributed by atoms with Crippen LogP contribution < -0.4 is 0 Å². The van der Waals surface area contributed by atoms with Crippen molar-refractivity contribution >= 4 is 42.3 Å². The Morgan fingerprint density at radius 3 is 1.81 bits per heavy atom. The van der Waals surface area contributed by atoms with E-state index in [0.29, 0.717) is 5.82 Å². The van der Waals surface area contributed by atoms with E-state index >= 15 is 0 Å². The molecule has 0 saturated heterocycles. The van der Waals surface area contributed by atoms with Crippen LogP contribution in [0.15, 0.2) is 188 Å². The minimum absolute atomic E-state index is 0.690. The Kier molecular flexibility index (Phi) is 7.67. The third kappa shape index (κ3) is 5.85. The van der Waals surface area contributed by atoms with E-state index in [4.69, 9.17) is 9.97 Å². The quantitative estimate of drug-likeness (QED) is 0.174. The van der Waals surface area contributed by atoms with E-state index in [9.17, 15) is 0 Å². The monoisotopic (exact) mass is 693 g/mol. The van der Waals surface area contributed by atoms with Crippen LogP contribution >= 0.6 is 11.3 Å². The van der Waals surface area contributed by atoms with Gasteiger partial charge < -0.3 is 0 Å². The molecule has 0 atom stereocenters. The highest BCUT2D eigenvalue weighted by atomic mass is 32.1. The number of fused-ring (bicyclic) bond motifs is 4. The van der Waals surface area contributed by atoms with Crippen molar-refractivity contribution in [3.63, 3.8) is 0 Å². The van der Waals surface area contributed by atoms with Crippen molar-refractivity contribution in [1.82, 2.24) is 15.0 Å². The van der Waals surface area contributed by atoms with Gasteiger partial charge in [-0.25, -0.2) is 9.97 Å². The number of nitrogens with zero attached hydrogens (tertiary/aromatic N) is 3. The molecular weight excluding hydrogens is 663 g/mol. The fourth-order valence-electron chi connectivity index (χ4n) is 7.29. The van der Waals surface area contributed by atoms with Crippen molar-refractivity contribution < 1.29 is 0 Å². The number of aromatic nitrogens is 3. The lowest BCUT2D eigenvalue weighted by Crippen LogP contribution is -1.97. The molecule has 0 unspecified atom stereocenters. The molecule has 10 aromatic rings. The van der Waals surface area contributed by atoms with Crippen LogP contribution in [0.4, 0.5) is 0 Å². The Labute approximate surface area is 311 Å². The lowest BCUT2D eigenvalue weighted by molar-refractivity contribution is 1.18. The molecule has 0 amide bonds. The average molecular weight is 694 g/mol. The van der Waals surface area contributed by atoms with E-state index in [2.05, 4.69) is 151 Å². The minimum atomic E-state index is 0.690. The molecule has 248 valence electrons. The molecular formula is C49H31N3S. The number of rotatable bonds is 6. The second-order valence-electron chi connectivity index (χ2n) is 13.3. The molecule has 4 heteroatoms. The van der Waals surface area contributed by atoms with Crippen LogP contribution in [-0.4, -0.2) is 15.0 Å². The summed E-state index contributed by atoms with van der Waals surface area (Å²) in [5.41, 5.74) is 11.4. The first-order valence-electron chi connectivity index (χ1n) is 17.8. The van der Waals surface area contributed by atoms with E-state index in [1.807, 2.05) is 53.9 Å². The van der Waals surface area contributed by atoms with E-state index in [1.54, 1.807) is 0 Å². The van der Waals surface area contributed by atoms with Crippen LogP contribution in [-0.2, 0) is 0 Å². The zero-order chi connectivity index (χ0) is 35.1. The second-order valence-corrected chi connectivity index (χ2v) is 14.3. The molecule has 0 saturated carbocycles. The Bertz CT molecular complexity index is 2930. The lowest BCUT2D eigenvalue weighted by atomic mass is 9.91. The highest BCUT2D eigenvalue weighted by Crippen LogP contribution is 2.40. The number of pyridine rings is 1. The summed E-state index contributed by atoms with van der Waals surface area (Å²) in [4.78, 5) is 14.9. The molecule has 0 radical (unpaired) electrons. The summed E-state index contributed by atoms with van der Waals surface area (Å²) in [7, 11) is 0. The Hall–Kier alpha value is -6.75. The number of hydrogen-bond donors (Lipinski definition) is 0. The smallest absolute Gasteiger partial charge is 0.160 e. The van der Waals surface area contributed by atoms with Gasteiger partial charge >= 0.3 is 0 Å². The van der Waals surface area contributed by atoms with Gasteiger partial charge in [-0.05, 0) is 87.6 Å². The zero-order valence-corrected chi connectivity index (χ0v) is 29.5. The van der Waals surface area contributed by atoms with Crippen LogP contribution in [0.3, 0.4) is 0 Å². The molecule has 3 nitrogen and oxygen atoms in total. The summed E-state index contributed by atoms with van der Waals surface area (Å²) in [5.74, 6) is 0.690. The van der Waals surface area contributed by atoms with Gasteiger partial charge in [0, 0.05) is 48.6 Å². The lowest BCUT2D eigenvalue weighted by Gasteiger charge is -2.14. The standard InChI is InChI=1S/C49H31N3S/c1-2-12-35(13-3-1)49-51-45(34-22-20-33(21-23-34)44-18-8-9-26-50-44)31-46(52-49)39-28-37(27-38(29-39)41-17-10-14-32-11-4-5-15-40(32)41)36-24-25-48-43(30-36)42-16-6-7-19-47(42)53-48/h1-31H. The summed E-state index contributed by atoms with van der Waals surface area (Å²) < 4.78 is 2.60. The molecule has 0 fully saturated rings. The van der Waals surface area contributed by atoms with E-state index in [-0.39, 0.29) is 0 Å². The fourth-order valence-corrected chi connectivity index (χ4v) is 8.37. The van der Waals surface area contributed by atoms with Crippen LogP contribution in [0.1, 0.15) is 0 Å². The van der Waals surface area contributed by atoms with Crippen molar-refractivity contribution in [2.75, 3.05) is 0 Å². The van der Waals surface area contributed by atoms with E-state index < -0.39 is 0 Å². The largest absolute Gasteiger partial charge is 0.256 e. The Morgan fingerprint density at radius 2 is 0.981 bits per heavy atom. The molecule has 0 aliphatic heterocycles. The predicted molar refractivity (Wildman–Crippen MR) is 223 cm³/mol. The van der Waals surface area contributed by atoms with Gasteiger partial charge in [0.1, 0.15) is 0 Å². The summed E-state index contributed by atoms with van der Waals surface area (Å²) >= 11 is 1.85. The highest BCUT2D eigenvalue weighted by molar-refractivity contribution is 7.25. The average Bonchev–Trinajstić information content (AvgIpc) is 3.62. The number of hydrogen-bond acceptors (Lipinski definition) is 4. The Morgan fingerprint density at radius 1 is 0.340 bits per heavy atom. The molecule has 3 aromatic heterocycles. The topological polar surface area (TPSA) is 38.7 Å². The third-order valence-electron chi connectivity index (χ3n) is 9.94. The van der Waals surface area contributed by atoms with Crippen molar-refractivity contribution in [1.29, 1.82) is 0 Å². The summed E-state index contributed by atoms with van der Waals surface area (Å²) in [6, 6.07) is 64.5. The molecule has 53 heavy (non-hydrogen) atoms. The first kappa shape index (κ1) is 31.0. The van der Waals surface area contributed by atoms with Gasteiger partial charge in [0.2, 0.25) is 0 Å². The van der Waals surface area contributed by atoms with Crippen LogP contribution in [0, 0.1) is 0 Å². The number of thiophene rings is 1. The van der Waals surface area contributed by atoms with Gasteiger partial charge in [-0.2, -0.15) is 0 Å². The molecule has 3 heterocycles.